The van der Waals surface area contributed by atoms with E-state index in [9.17, 15) is 9.59 Å². The zero-order chi connectivity index (χ0) is 14.7. The number of fused-ring (bicyclic) bond motifs is 1. The van der Waals surface area contributed by atoms with E-state index < -0.39 is 0 Å². The van der Waals surface area contributed by atoms with E-state index in [-0.39, 0.29) is 11.7 Å². The molecular formula is C16H20N2O2S. The van der Waals surface area contributed by atoms with Crippen molar-refractivity contribution >= 4 is 23.5 Å². The first-order chi connectivity index (χ1) is 10.2. The second kappa shape index (κ2) is 6.62. The summed E-state index contributed by atoms with van der Waals surface area (Å²) in [4.78, 5) is 26.1. The minimum atomic E-state index is 0.0934. The Hall–Kier alpha value is -1.33. The van der Waals surface area contributed by atoms with E-state index in [2.05, 4.69) is 5.32 Å². The number of nitrogens with zero attached hydrogens (tertiary/aromatic N) is 1. The van der Waals surface area contributed by atoms with Crippen LogP contribution in [0.3, 0.4) is 0 Å². The number of thioether (sulfide) groups is 1. The summed E-state index contributed by atoms with van der Waals surface area (Å²) in [7, 11) is 0. The Morgan fingerprint density at radius 2 is 1.76 bits per heavy atom. The molecule has 0 radical (unpaired) electrons. The van der Waals surface area contributed by atoms with Gasteiger partial charge in [0.05, 0.1) is 11.5 Å². The molecule has 1 aromatic carbocycles. The molecule has 1 aromatic rings. The van der Waals surface area contributed by atoms with Crippen molar-refractivity contribution in [3.8, 4) is 0 Å². The van der Waals surface area contributed by atoms with Gasteiger partial charge in [-0.3, -0.25) is 9.59 Å². The van der Waals surface area contributed by atoms with Gasteiger partial charge in [-0.1, -0.05) is 30.3 Å². The number of likely N-dealkylation sites (tertiary alicyclic amines) is 1. The number of nitrogens with one attached hydrogen (secondary N) is 1. The highest BCUT2D eigenvalue weighted by Crippen LogP contribution is 2.26. The van der Waals surface area contributed by atoms with E-state index in [0.29, 0.717) is 23.3 Å². The Kier molecular flexibility index (Phi) is 4.60. The lowest BCUT2D eigenvalue weighted by Crippen LogP contribution is -2.33. The lowest BCUT2D eigenvalue weighted by Gasteiger charge is -2.17. The quantitative estimate of drug-likeness (QED) is 0.833. The van der Waals surface area contributed by atoms with Crippen molar-refractivity contribution in [1.82, 2.24) is 10.2 Å². The molecule has 1 N–H and O–H groups in total. The minimum Gasteiger partial charge on any atom is -0.341 e. The van der Waals surface area contributed by atoms with Gasteiger partial charge in [-0.2, -0.15) is 0 Å². The van der Waals surface area contributed by atoms with E-state index >= 15 is 0 Å². The molecule has 0 saturated carbocycles. The molecular weight excluding hydrogens is 284 g/mol. The standard InChI is InChI=1S/C16H20N2O2S/c19-15(12-4-2-1-3-5-12)10-21-11-16(20)18-8-13-6-17-7-14(13)9-18/h1-5,13-14,17H,6-11H2/t13-,14+. The van der Waals surface area contributed by atoms with Crippen molar-refractivity contribution in [2.24, 2.45) is 11.8 Å². The predicted octanol–water partition coefficient (Wildman–Crippen LogP) is 1.28. The Morgan fingerprint density at radius 3 is 2.43 bits per heavy atom. The molecule has 0 unspecified atom stereocenters. The number of Topliss-reactive ketones (excluding diaryl/α,β-unsaturated/α-hetero) is 1. The minimum absolute atomic E-state index is 0.0934. The highest BCUT2D eigenvalue weighted by Gasteiger charge is 2.37. The summed E-state index contributed by atoms with van der Waals surface area (Å²) >= 11 is 1.42. The Balaban J connectivity index is 1.41. The lowest BCUT2D eigenvalue weighted by molar-refractivity contribution is -0.127. The normalized spacial score (nSPS) is 24.1. The van der Waals surface area contributed by atoms with Crippen molar-refractivity contribution in [2.75, 3.05) is 37.7 Å². The lowest BCUT2D eigenvalue weighted by atomic mass is 10.0. The van der Waals surface area contributed by atoms with Crippen LogP contribution in [0, 0.1) is 11.8 Å². The average molecular weight is 304 g/mol. The van der Waals surface area contributed by atoms with Crippen molar-refractivity contribution in [3.05, 3.63) is 35.9 Å². The summed E-state index contributed by atoms with van der Waals surface area (Å²) in [5, 5.41) is 3.37. The highest BCUT2D eigenvalue weighted by atomic mass is 32.2. The molecule has 4 nitrogen and oxygen atoms in total. The van der Waals surface area contributed by atoms with Crippen LogP contribution >= 0.6 is 11.8 Å². The highest BCUT2D eigenvalue weighted by molar-refractivity contribution is 8.00. The summed E-state index contributed by atoms with van der Waals surface area (Å²) in [6, 6.07) is 9.26. The fourth-order valence-corrected chi connectivity index (χ4v) is 3.90. The molecule has 2 atom stereocenters. The molecule has 5 heteroatoms. The molecule has 2 aliphatic heterocycles. The fraction of sp³-hybridized carbons (Fsp3) is 0.500. The molecule has 0 aromatic heterocycles. The first kappa shape index (κ1) is 14.6. The van der Waals surface area contributed by atoms with Crippen LogP contribution < -0.4 is 5.32 Å². The van der Waals surface area contributed by atoms with Crippen LogP contribution in [0.1, 0.15) is 10.4 Å². The van der Waals surface area contributed by atoms with E-state index in [1.165, 1.54) is 11.8 Å². The van der Waals surface area contributed by atoms with Crippen molar-refractivity contribution in [3.63, 3.8) is 0 Å². The van der Waals surface area contributed by atoms with Crippen LogP contribution in [0.2, 0.25) is 0 Å². The molecule has 3 rings (SSSR count). The summed E-state index contributed by atoms with van der Waals surface area (Å²) < 4.78 is 0. The smallest absolute Gasteiger partial charge is 0.232 e. The summed E-state index contributed by atoms with van der Waals surface area (Å²) in [5.74, 6) is 2.31. The number of ketones is 1. The van der Waals surface area contributed by atoms with Gasteiger partial charge in [-0.05, 0) is 11.8 Å². The molecule has 2 saturated heterocycles. The van der Waals surface area contributed by atoms with Gasteiger partial charge < -0.3 is 10.2 Å². The molecule has 2 heterocycles. The van der Waals surface area contributed by atoms with E-state index in [1.807, 2.05) is 35.2 Å². The maximum Gasteiger partial charge on any atom is 0.232 e. The third-order valence-electron chi connectivity index (χ3n) is 4.30. The number of hydrogen-bond donors (Lipinski definition) is 1. The number of benzene rings is 1. The van der Waals surface area contributed by atoms with Crippen LogP contribution in [0.25, 0.3) is 0 Å². The van der Waals surface area contributed by atoms with E-state index in [0.717, 1.165) is 31.7 Å². The summed E-state index contributed by atoms with van der Waals surface area (Å²) in [6.45, 7) is 3.83. The van der Waals surface area contributed by atoms with Gasteiger partial charge in [0.15, 0.2) is 5.78 Å². The first-order valence-electron chi connectivity index (χ1n) is 7.38. The monoisotopic (exact) mass is 304 g/mol. The zero-order valence-corrected chi connectivity index (χ0v) is 12.8. The molecule has 0 bridgehead atoms. The van der Waals surface area contributed by atoms with Gasteiger partial charge >= 0.3 is 0 Å². The van der Waals surface area contributed by atoms with Crippen molar-refractivity contribution < 1.29 is 9.59 Å². The number of carbonyl (C=O) groups is 2. The molecule has 0 aliphatic carbocycles. The van der Waals surface area contributed by atoms with E-state index in [1.54, 1.807) is 0 Å². The number of rotatable bonds is 5. The molecule has 0 spiro atoms. The van der Waals surface area contributed by atoms with Crippen LogP contribution in [0.5, 0.6) is 0 Å². The van der Waals surface area contributed by atoms with Gasteiger partial charge in [0.1, 0.15) is 0 Å². The number of amides is 1. The van der Waals surface area contributed by atoms with Gasteiger partial charge in [0.2, 0.25) is 5.91 Å². The van der Waals surface area contributed by atoms with Crippen molar-refractivity contribution in [1.29, 1.82) is 0 Å². The Morgan fingerprint density at radius 1 is 1.10 bits per heavy atom. The van der Waals surface area contributed by atoms with Crippen LogP contribution in [-0.4, -0.2) is 54.3 Å². The van der Waals surface area contributed by atoms with Gasteiger partial charge in [-0.25, -0.2) is 0 Å². The average Bonchev–Trinajstić information content (AvgIpc) is 3.09. The summed E-state index contributed by atoms with van der Waals surface area (Å²) in [6.07, 6.45) is 0. The molecule has 21 heavy (non-hydrogen) atoms. The maximum atomic E-state index is 12.2. The topological polar surface area (TPSA) is 49.4 Å². The van der Waals surface area contributed by atoms with Gasteiger partial charge in [-0.15, -0.1) is 11.8 Å². The SMILES string of the molecule is O=C(CSCC(=O)N1C[C@H]2CNC[C@H]2C1)c1ccccc1. The van der Waals surface area contributed by atoms with Gasteiger partial charge in [0.25, 0.3) is 0 Å². The number of hydrogen-bond acceptors (Lipinski definition) is 4. The second-order valence-corrected chi connectivity index (χ2v) is 6.74. The third-order valence-corrected chi connectivity index (χ3v) is 5.21. The predicted molar refractivity (Wildman–Crippen MR) is 84.5 cm³/mol. The summed E-state index contributed by atoms with van der Waals surface area (Å²) in [5.41, 5.74) is 0.722. The maximum absolute atomic E-state index is 12.2. The fourth-order valence-electron chi connectivity index (χ4n) is 3.09. The van der Waals surface area contributed by atoms with E-state index in [4.69, 9.17) is 0 Å². The molecule has 1 amide bonds. The molecule has 112 valence electrons. The molecule has 2 aliphatic rings. The Labute approximate surface area is 129 Å². The van der Waals surface area contributed by atoms with Crippen LogP contribution in [0.4, 0.5) is 0 Å². The largest absolute Gasteiger partial charge is 0.341 e. The Bertz CT molecular complexity index is 508. The zero-order valence-electron chi connectivity index (χ0n) is 12.0. The third kappa shape index (κ3) is 3.47. The van der Waals surface area contributed by atoms with Crippen LogP contribution in [0.15, 0.2) is 30.3 Å². The first-order valence-corrected chi connectivity index (χ1v) is 8.54. The number of carbonyl (C=O) groups excluding carboxylic acids is 2. The van der Waals surface area contributed by atoms with Gasteiger partial charge in [0, 0.05) is 31.7 Å². The second-order valence-electron chi connectivity index (χ2n) is 5.76. The van der Waals surface area contributed by atoms with Crippen LogP contribution in [-0.2, 0) is 4.79 Å². The molecule has 2 fully saturated rings. The van der Waals surface area contributed by atoms with Crippen molar-refractivity contribution in [2.45, 2.75) is 0 Å².